The van der Waals surface area contributed by atoms with Crippen LogP contribution in [0.1, 0.15) is 39.8 Å². The maximum atomic E-state index is 12.3. The number of thiophene rings is 1. The van der Waals surface area contributed by atoms with Crippen LogP contribution in [-0.4, -0.2) is 18.0 Å². The van der Waals surface area contributed by atoms with Gasteiger partial charge in [0, 0.05) is 15.8 Å². The highest BCUT2D eigenvalue weighted by Gasteiger charge is 2.27. The number of amides is 1. The number of hydrogen-bond acceptors (Lipinski definition) is 4. The Bertz CT molecular complexity index is 1010. The average molecular weight is 366 g/mol. The molecule has 26 heavy (non-hydrogen) atoms. The molecular formula is C21H22N2O2S. The van der Waals surface area contributed by atoms with Crippen LogP contribution in [0.15, 0.2) is 24.3 Å². The molecule has 4 rings (SSSR count). The lowest BCUT2D eigenvalue weighted by Gasteiger charge is -2.19. The van der Waals surface area contributed by atoms with Gasteiger partial charge in [0.2, 0.25) is 0 Å². The van der Waals surface area contributed by atoms with Gasteiger partial charge < -0.3 is 10.5 Å². The Labute approximate surface area is 157 Å². The van der Waals surface area contributed by atoms with Crippen LogP contribution < -0.4 is 10.5 Å². The molecule has 4 nitrogen and oxygen atoms in total. The smallest absolute Gasteiger partial charge is 0.251 e. The van der Waals surface area contributed by atoms with Gasteiger partial charge in [-0.15, -0.1) is 11.3 Å². The summed E-state index contributed by atoms with van der Waals surface area (Å²) in [5.74, 6) is 1.06. The Hall–Kier alpha value is -2.40. The minimum atomic E-state index is -0.424. The SMILES string of the molecule is COc1ccc(-c2c(C(N)=O)c(C)nc3sc4c(c23)CCC(C)C4)cc1. The number of aromatic nitrogens is 1. The maximum Gasteiger partial charge on any atom is 0.251 e. The molecule has 0 bridgehead atoms. The number of benzene rings is 1. The Kier molecular flexibility index (Phi) is 4.19. The van der Waals surface area contributed by atoms with Crippen molar-refractivity contribution in [3.8, 4) is 16.9 Å². The highest BCUT2D eigenvalue weighted by Crippen LogP contribution is 2.44. The monoisotopic (exact) mass is 366 g/mol. The molecule has 1 aromatic carbocycles. The molecule has 0 saturated carbocycles. The minimum absolute atomic E-state index is 0.424. The topological polar surface area (TPSA) is 65.2 Å². The molecule has 1 atom stereocenters. The number of nitrogens with zero attached hydrogens (tertiary/aromatic N) is 1. The van der Waals surface area contributed by atoms with Crippen molar-refractivity contribution in [1.29, 1.82) is 0 Å². The molecule has 0 spiro atoms. The lowest BCUT2D eigenvalue weighted by Crippen LogP contribution is -2.16. The van der Waals surface area contributed by atoms with Gasteiger partial charge >= 0.3 is 0 Å². The molecule has 3 aromatic rings. The number of ether oxygens (including phenoxy) is 1. The van der Waals surface area contributed by atoms with Gasteiger partial charge in [-0.25, -0.2) is 4.98 Å². The van der Waals surface area contributed by atoms with Gasteiger partial charge in [-0.2, -0.15) is 0 Å². The van der Waals surface area contributed by atoms with Gasteiger partial charge in [-0.1, -0.05) is 19.1 Å². The molecule has 1 unspecified atom stereocenters. The van der Waals surface area contributed by atoms with Gasteiger partial charge in [-0.3, -0.25) is 4.79 Å². The van der Waals surface area contributed by atoms with Crippen molar-refractivity contribution >= 4 is 27.5 Å². The zero-order valence-electron chi connectivity index (χ0n) is 15.3. The summed E-state index contributed by atoms with van der Waals surface area (Å²) < 4.78 is 5.28. The molecule has 1 aliphatic rings. The molecule has 0 saturated heterocycles. The third-order valence-electron chi connectivity index (χ3n) is 5.25. The first kappa shape index (κ1) is 17.0. The van der Waals surface area contributed by atoms with E-state index in [4.69, 9.17) is 15.5 Å². The number of carbonyl (C=O) groups excluding carboxylic acids is 1. The third-order valence-corrected chi connectivity index (χ3v) is 6.40. The molecule has 0 aliphatic heterocycles. The van der Waals surface area contributed by atoms with Gasteiger partial charge in [0.15, 0.2) is 0 Å². The summed E-state index contributed by atoms with van der Waals surface area (Å²) in [5.41, 5.74) is 10.3. The lowest BCUT2D eigenvalue weighted by molar-refractivity contribution is 0.1000. The Morgan fingerprint density at radius 2 is 2.04 bits per heavy atom. The van der Waals surface area contributed by atoms with E-state index in [-0.39, 0.29) is 0 Å². The van der Waals surface area contributed by atoms with Gasteiger partial charge in [0.1, 0.15) is 10.6 Å². The maximum absolute atomic E-state index is 12.3. The van der Waals surface area contributed by atoms with E-state index in [1.807, 2.05) is 31.2 Å². The number of rotatable bonds is 3. The molecular weight excluding hydrogens is 344 g/mol. The number of hydrogen-bond donors (Lipinski definition) is 1. The van der Waals surface area contributed by atoms with Crippen molar-refractivity contribution in [1.82, 2.24) is 4.98 Å². The Morgan fingerprint density at radius 3 is 2.69 bits per heavy atom. The van der Waals surface area contributed by atoms with E-state index in [0.717, 1.165) is 39.9 Å². The van der Waals surface area contributed by atoms with E-state index in [1.165, 1.54) is 16.9 Å². The predicted molar refractivity (Wildman–Crippen MR) is 106 cm³/mol. The van der Waals surface area contributed by atoms with Crippen molar-refractivity contribution in [3.63, 3.8) is 0 Å². The standard InChI is InChI=1S/C21H22N2O2S/c1-11-4-9-15-16(10-11)26-21-19(15)18(17(20(22)24)12(2)23-21)13-5-7-14(25-3)8-6-13/h5-8,11H,4,9-10H2,1-3H3,(H2,22,24). The number of nitrogens with two attached hydrogens (primary N) is 1. The van der Waals surface area contributed by atoms with E-state index < -0.39 is 5.91 Å². The van der Waals surface area contributed by atoms with Crippen LogP contribution in [-0.2, 0) is 12.8 Å². The summed E-state index contributed by atoms with van der Waals surface area (Å²) in [4.78, 5) is 19.4. The Morgan fingerprint density at radius 1 is 1.31 bits per heavy atom. The van der Waals surface area contributed by atoms with Crippen LogP contribution in [0.5, 0.6) is 5.75 Å². The summed E-state index contributed by atoms with van der Waals surface area (Å²) in [6, 6.07) is 7.83. The minimum Gasteiger partial charge on any atom is -0.497 e. The summed E-state index contributed by atoms with van der Waals surface area (Å²) >= 11 is 1.77. The molecule has 5 heteroatoms. The normalized spacial score (nSPS) is 16.5. The van der Waals surface area contributed by atoms with Crippen LogP contribution in [0.3, 0.4) is 0 Å². The molecule has 1 aliphatic carbocycles. The van der Waals surface area contributed by atoms with Crippen molar-refractivity contribution in [3.05, 3.63) is 46.0 Å². The van der Waals surface area contributed by atoms with Crippen LogP contribution >= 0.6 is 11.3 Å². The lowest BCUT2D eigenvalue weighted by atomic mass is 9.86. The fraction of sp³-hybridized carbons (Fsp3) is 0.333. The Balaban J connectivity index is 2.06. The van der Waals surface area contributed by atoms with Crippen molar-refractivity contribution in [2.75, 3.05) is 7.11 Å². The molecule has 2 heterocycles. The number of fused-ring (bicyclic) bond motifs is 3. The van der Waals surface area contributed by atoms with Gasteiger partial charge in [0.25, 0.3) is 5.91 Å². The second-order valence-corrected chi connectivity index (χ2v) is 8.16. The number of methoxy groups -OCH3 is 1. The molecule has 0 fully saturated rings. The summed E-state index contributed by atoms with van der Waals surface area (Å²) in [7, 11) is 1.65. The first-order valence-corrected chi connectivity index (χ1v) is 9.70. The quantitative estimate of drug-likeness (QED) is 0.742. The summed E-state index contributed by atoms with van der Waals surface area (Å²) in [6.07, 6.45) is 3.28. The van der Waals surface area contributed by atoms with Gasteiger partial charge in [0.05, 0.1) is 18.4 Å². The predicted octanol–water partition coefficient (Wildman–Crippen LogP) is 4.50. The van der Waals surface area contributed by atoms with Gasteiger partial charge in [-0.05, 0) is 55.4 Å². The zero-order valence-corrected chi connectivity index (χ0v) is 16.1. The van der Waals surface area contributed by atoms with Crippen LogP contribution in [0.4, 0.5) is 0 Å². The van der Waals surface area contributed by atoms with Crippen molar-refractivity contribution in [2.24, 2.45) is 11.7 Å². The molecule has 2 N–H and O–H groups in total. The van der Waals surface area contributed by atoms with E-state index in [2.05, 4.69) is 6.92 Å². The van der Waals surface area contributed by atoms with E-state index in [0.29, 0.717) is 17.2 Å². The van der Waals surface area contributed by atoms with E-state index in [1.54, 1.807) is 18.4 Å². The van der Waals surface area contributed by atoms with E-state index in [9.17, 15) is 4.79 Å². The molecule has 0 radical (unpaired) electrons. The third kappa shape index (κ3) is 2.67. The zero-order chi connectivity index (χ0) is 18.4. The van der Waals surface area contributed by atoms with Crippen LogP contribution in [0.2, 0.25) is 0 Å². The molecule has 1 amide bonds. The highest BCUT2D eigenvalue weighted by atomic mass is 32.1. The van der Waals surface area contributed by atoms with Crippen LogP contribution in [0.25, 0.3) is 21.3 Å². The van der Waals surface area contributed by atoms with Crippen molar-refractivity contribution in [2.45, 2.75) is 33.1 Å². The van der Waals surface area contributed by atoms with Crippen LogP contribution in [0, 0.1) is 12.8 Å². The molecule has 134 valence electrons. The van der Waals surface area contributed by atoms with Crippen molar-refractivity contribution < 1.29 is 9.53 Å². The number of carbonyl (C=O) groups is 1. The average Bonchev–Trinajstić information content (AvgIpc) is 2.97. The second-order valence-electron chi connectivity index (χ2n) is 7.07. The first-order chi connectivity index (χ1) is 12.5. The fourth-order valence-corrected chi connectivity index (χ4v) is 5.37. The second kappa shape index (κ2) is 6.40. The summed E-state index contributed by atoms with van der Waals surface area (Å²) in [5, 5.41) is 1.11. The molecule has 2 aromatic heterocycles. The number of primary amides is 1. The fourth-order valence-electron chi connectivity index (χ4n) is 3.93. The number of aryl methyl sites for hydroxylation is 2. The van der Waals surface area contributed by atoms with E-state index >= 15 is 0 Å². The number of pyridine rings is 1. The first-order valence-electron chi connectivity index (χ1n) is 8.88. The highest BCUT2D eigenvalue weighted by molar-refractivity contribution is 7.19. The summed E-state index contributed by atoms with van der Waals surface area (Å²) in [6.45, 7) is 4.17. The largest absolute Gasteiger partial charge is 0.497 e.